The molecule has 1 aromatic carbocycles. The van der Waals surface area contributed by atoms with Gasteiger partial charge < -0.3 is 15.5 Å². The van der Waals surface area contributed by atoms with Crippen molar-refractivity contribution < 1.29 is 9.21 Å². The molecule has 4 rings (SSSR count). The highest BCUT2D eigenvalue weighted by molar-refractivity contribution is 5.80. The zero-order valence-corrected chi connectivity index (χ0v) is 15.4. The highest BCUT2D eigenvalue weighted by atomic mass is 16.3. The maximum atomic E-state index is 12.6. The van der Waals surface area contributed by atoms with Gasteiger partial charge >= 0.3 is 0 Å². The lowest BCUT2D eigenvalue weighted by atomic mass is 10.1. The fourth-order valence-electron chi connectivity index (χ4n) is 3.22. The average Bonchev–Trinajstić information content (AvgIpc) is 3.21. The molecule has 1 amide bonds. The number of carbonyl (C=O) groups excluding carboxylic acids is 1. The Bertz CT molecular complexity index is 1130. The quantitative estimate of drug-likeness (QED) is 0.575. The van der Waals surface area contributed by atoms with E-state index in [0.717, 1.165) is 33.7 Å². The normalized spacial score (nSPS) is 12.6. The number of para-hydroxylation sites is 1. The maximum Gasteiger partial charge on any atom is 0.254 e. The van der Waals surface area contributed by atoms with Crippen LogP contribution in [0.15, 0.2) is 34.7 Å². The molecule has 0 fully saturated rings. The molecule has 3 heterocycles. The van der Waals surface area contributed by atoms with Crippen molar-refractivity contribution in [2.75, 3.05) is 5.73 Å². The highest BCUT2D eigenvalue weighted by Gasteiger charge is 2.18. The molecule has 3 N–H and O–H groups in total. The molecule has 0 aliphatic carbocycles. The minimum absolute atomic E-state index is 0.122. The molecule has 0 bridgehead atoms. The lowest BCUT2D eigenvalue weighted by Gasteiger charge is -2.14. The molecule has 1 atom stereocenters. The topological polar surface area (TPSA) is 111 Å². The van der Waals surface area contributed by atoms with Gasteiger partial charge in [0.2, 0.25) is 11.9 Å². The summed E-state index contributed by atoms with van der Waals surface area (Å²) >= 11 is 0. The zero-order valence-electron chi connectivity index (χ0n) is 15.4. The van der Waals surface area contributed by atoms with Crippen LogP contribution in [0.4, 0.5) is 5.95 Å². The molecule has 8 nitrogen and oxygen atoms in total. The average molecular weight is 364 g/mol. The minimum Gasteiger partial charge on any atom is -0.459 e. The summed E-state index contributed by atoms with van der Waals surface area (Å²) in [6.07, 6.45) is 0.185. The van der Waals surface area contributed by atoms with E-state index in [9.17, 15) is 4.79 Å². The van der Waals surface area contributed by atoms with Crippen LogP contribution in [0.5, 0.6) is 0 Å². The van der Waals surface area contributed by atoms with Crippen LogP contribution >= 0.6 is 0 Å². The molecule has 0 saturated heterocycles. The number of aromatic nitrogens is 4. The summed E-state index contributed by atoms with van der Waals surface area (Å²) in [5.74, 6) is 1.19. The van der Waals surface area contributed by atoms with Crippen LogP contribution in [-0.2, 0) is 11.2 Å². The van der Waals surface area contributed by atoms with Crippen molar-refractivity contribution in [3.63, 3.8) is 0 Å². The monoisotopic (exact) mass is 364 g/mol. The Kier molecular flexibility index (Phi) is 4.02. The molecule has 138 valence electrons. The van der Waals surface area contributed by atoms with Crippen LogP contribution in [0.2, 0.25) is 0 Å². The molecule has 0 spiro atoms. The first-order valence-corrected chi connectivity index (χ1v) is 8.68. The van der Waals surface area contributed by atoms with Crippen molar-refractivity contribution in [1.82, 2.24) is 24.9 Å². The summed E-state index contributed by atoms with van der Waals surface area (Å²) in [6, 6.07) is 9.46. The molecule has 0 radical (unpaired) electrons. The summed E-state index contributed by atoms with van der Waals surface area (Å²) in [5, 5.41) is 8.12. The van der Waals surface area contributed by atoms with Crippen molar-refractivity contribution in [1.29, 1.82) is 0 Å². The second-order valence-electron chi connectivity index (χ2n) is 6.60. The lowest BCUT2D eigenvalue weighted by Crippen LogP contribution is -2.28. The SMILES string of the molecule is Cc1nc2nc(N)nn2c(C)c1CC(=O)NC(C)c1cc2ccccc2o1. The fraction of sp³-hybridized carbons (Fsp3) is 0.263. The zero-order chi connectivity index (χ0) is 19.1. The number of furan rings is 1. The predicted molar refractivity (Wildman–Crippen MR) is 101 cm³/mol. The van der Waals surface area contributed by atoms with Crippen molar-refractivity contribution in [2.45, 2.75) is 33.2 Å². The van der Waals surface area contributed by atoms with E-state index in [0.29, 0.717) is 5.78 Å². The largest absolute Gasteiger partial charge is 0.459 e. The van der Waals surface area contributed by atoms with Crippen LogP contribution in [-0.4, -0.2) is 25.5 Å². The van der Waals surface area contributed by atoms with Crippen molar-refractivity contribution in [3.05, 3.63) is 53.0 Å². The second-order valence-corrected chi connectivity index (χ2v) is 6.60. The van der Waals surface area contributed by atoms with Gasteiger partial charge in [0.1, 0.15) is 11.3 Å². The molecule has 0 saturated carbocycles. The molecular weight excluding hydrogens is 344 g/mol. The third-order valence-electron chi connectivity index (χ3n) is 4.65. The van der Waals surface area contributed by atoms with E-state index in [2.05, 4.69) is 20.4 Å². The molecular formula is C19H20N6O2. The van der Waals surface area contributed by atoms with Crippen LogP contribution in [0, 0.1) is 13.8 Å². The van der Waals surface area contributed by atoms with Gasteiger partial charge in [0.05, 0.1) is 12.5 Å². The lowest BCUT2D eigenvalue weighted by molar-refractivity contribution is -0.121. The summed E-state index contributed by atoms with van der Waals surface area (Å²) < 4.78 is 7.39. The number of benzene rings is 1. The Balaban J connectivity index is 1.54. The Labute approximate surface area is 155 Å². The molecule has 27 heavy (non-hydrogen) atoms. The first-order valence-electron chi connectivity index (χ1n) is 8.68. The van der Waals surface area contributed by atoms with E-state index < -0.39 is 0 Å². The van der Waals surface area contributed by atoms with Gasteiger partial charge in [0, 0.05) is 22.3 Å². The first kappa shape index (κ1) is 17.0. The van der Waals surface area contributed by atoms with E-state index >= 15 is 0 Å². The number of anilines is 1. The number of rotatable bonds is 4. The van der Waals surface area contributed by atoms with E-state index in [4.69, 9.17) is 10.2 Å². The summed E-state index contributed by atoms with van der Waals surface area (Å²) in [4.78, 5) is 21.1. The molecule has 1 unspecified atom stereocenters. The maximum absolute atomic E-state index is 12.6. The number of carbonyl (C=O) groups is 1. The number of nitrogens with one attached hydrogen (secondary N) is 1. The number of nitrogens with zero attached hydrogens (tertiary/aromatic N) is 4. The van der Waals surface area contributed by atoms with Crippen LogP contribution in [0.1, 0.15) is 35.7 Å². The highest BCUT2D eigenvalue weighted by Crippen LogP contribution is 2.24. The Morgan fingerprint density at radius 1 is 1.30 bits per heavy atom. The van der Waals surface area contributed by atoms with Gasteiger partial charge in [0.25, 0.3) is 5.78 Å². The van der Waals surface area contributed by atoms with Gasteiger partial charge in [-0.2, -0.15) is 9.50 Å². The number of fused-ring (bicyclic) bond motifs is 2. The van der Waals surface area contributed by atoms with E-state index in [1.54, 1.807) is 4.52 Å². The predicted octanol–water partition coefficient (Wildman–Crippen LogP) is 2.49. The first-order chi connectivity index (χ1) is 12.9. The van der Waals surface area contributed by atoms with Crippen LogP contribution < -0.4 is 11.1 Å². The Morgan fingerprint density at radius 2 is 2.07 bits per heavy atom. The summed E-state index contributed by atoms with van der Waals surface area (Å²) in [7, 11) is 0. The van der Waals surface area contributed by atoms with Gasteiger partial charge in [-0.25, -0.2) is 4.98 Å². The third kappa shape index (κ3) is 3.10. The van der Waals surface area contributed by atoms with Gasteiger partial charge in [0.15, 0.2) is 0 Å². The molecule has 8 heteroatoms. The van der Waals surface area contributed by atoms with Crippen LogP contribution in [0.25, 0.3) is 16.7 Å². The van der Waals surface area contributed by atoms with Crippen molar-refractivity contribution >= 4 is 28.6 Å². The van der Waals surface area contributed by atoms with Gasteiger partial charge in [-0.05, 0) is 32.9 Å². The third-order valence-corrected chi connectivity index (χ3v) is 4.65. The van der Waals surface area contributed by atoms with Gasteiger partial charge in [-0.3, -0.25) is 4.79 Å². The number of amides is 1. The molecule has 0 aliphatic rings. The standard InChI is InChI=1S/C19H20N6O2/c1-10-14(12(3)25-19(22-10)23-18(20)24-25)9-17(26)21-11(2)16-8-13-6-4-5-7-15(13)27-16/h4-8,11H,9H2,1-3H3,(H2,20,24)(H,21,26). The second kappa shape index (κ2) is 6.39. The molecule has 0 aliphatic heterocycles. The van der Waals surface area contributed by atoms with Crippen LogP contribution in [0.3, 0.4) is 0 Å². The number of nitrogens with two attached hydrogens (primary N) is 1. The fourth-order valence-corrected chi connectivity index (χ4v) is 3.22. The number of hydrogen-bond acceptors (Lipinski definition) is 6. The van der Waals surface area contributed by atoms with Gasteiger partial charge in [-0.15, -0.1) is 5.10 Å². The van der Waals surface area contributed by atoms with Crippen molar-refractivity contribution in [2.24, 2.45) is 0 Å². The number of aryl methyl sites for hydroxylation is 2. The van der Waals surface area contributed by atoms with E-state index in [1.165, 1.54) is 0 Å². The molecule has 4 aromatic rings. The Morgan fingerprint density at radius 3 is 2.85 bits per heavy atom. The van der Waals surface area contributed by atoms with E-state index in [-0.39, 0.29) is 24.3 Å². The minimum atomic E-state index is -0.246. The van der Waals surface area contributed by atoms with E-state index in [1.807, 2.05) is 51.1 Å². The number of nitrogen functional groups attached to an aromatic ring is 1. The molecule has 3 aromatic heterocycles. The summed E-state index contributed by atoms with van der Waals surface area (Å²) in [6.45, 7) is 5.62. The smallest absolute Gasteiger partial charge is 0.254 e. The number of hydrogen-bond donors (Lipinski definition) is 2. The van der Waals surface area contributed by atoms with Crippen molar-refractivity contribution in [3.8, 4) is 0 Å². The Hall–Kier alpha value is -3.42. The summed E-state index contributed by atoms with van der Waals surface area (Å²) in [5.41, 5.74) is 8.80. The van der Waals surface area contributed by atoms with Gasteiger partial charge in [-0.1, -0.05) is 18.2 Å².